The van der Waals surface area contributed by atoms with Crippen LogP contribution >= 0.6 is 0 Å². The third kappa shape index (κ3) is 4.54. The van der Waals surface area contributed by atoms with Gasteiger partial charge in [0.2, 0.25) is 0 Å². The summed E-state index contributed by atoms with van der Waals surface area (Å²) in [5, 5.41) is 9.11. The number of rotatable bonds is 8. The van der Waals surface area contributed by atoms with Crippen LogP contribution in [-0.4, -0.2) is 37.1 Å². The van der Waals surface area contributed by atoms with Crippen LogP contribution in [0.3, 0.4) is 0 Å². The lowest BCUT2D eigenvalue weighted by Gasteiger charge is -2.08. The van der Waals surface area contributed by atoms with E-state index in [4.69, 9.17) is 9.26 Å². The maximum Gasteiger partial charge on any atom is 0.274 e. The zero-order valence-corrected chi connectivity index (χ0v) is 16.2. The topological polar surface area (TPSA) is 81.4 Å². The van der Waals surface area contributed by atoms with Gasteiger partial charge in [0.15, 0.2) is 12.0 Å². The Morgan fingerprint density at radius 1 is 1.17 bits per heavy atom. The molecule has 0 spiro atoms. The van der Waals surface area contributed by atoms with Gasteiger partial charge in [0.25, 0.3) is 5.91 Å². The summed E-state index contributed by atoms with van der Waals surface area (Å²) < 4.78 is 10.6. The van der Waals surface area contributed by atoms with Crippen LogP contribution in [0.25, 0.3) is 10.8 Å². The second kappa shape index (κ2) is 9.01. The second-order valence-corrected chi connectivity index (χ2v) is 7.46. The maximum atomic E-state index is 12.4. The first-order valence-electron chi connectivity index (χ1n) is 10.0. The first kappa shape index (κ1) is 19.3. The summed E-state index contributed by atoms with van der Waals surface area (Å²) in [4.78, 5) is 23.9. The molecule has 1 aliphatic rings. The Kier molecular flexibility index (Phi) is 6.00. The zero-order chi connectivity index (χ0) is 20.1. The van der Waals surface area contributed by atoms with Gasteiger partial charge in [-0.25, -0.2) is 0 Å². The third-order valence-electron chi connectivity index (χ3n) is 5.39. The van der Waals surface area contributed by atoms with Gasteiger partial charge < -0.3 is 14.6 Å². The molecule has 0 saturated carbocycles. The number of nitrogens with zero attached hydrogens (tertiary/aromatic N) is 1. The molecule has 6 heteroatoms. The molecule has 1 aliphatic heterocycles. The molecule has 0 aliphatic carbocycles. The van der Waals surface area contributed by atoms with Crippen LogP contribution in [0.5, 0.6) is 0 Å². The number of benzene rings is 2. The zero-order valence-electron chi connectivity index (χ0n) is 16.2. The smallest absolute Gasteiger partial charge is 0.274 e. The average Bonchev–Trinajstić information content (AvgIpc) is 3.41. The molecule has 150 valence electrons. The normalized spacial score (nSPS) is 16.2. The molecule has 2 heterocycles. The van der Waals surface area contributed by atoms with Gasteiger partial charge in [0, 0.05) is 25.5 Å². The molecule has 0 radical (unpaired) electrons. The van der Waals surface area contributed by atoms with Crippen LogP contribution in [0.15, 0.2) is 47.0 Å². The molecule has 1 saturated heterocycles. The third-order valence-corrected chi connectivity index (χ3v) is 5.39. The minimum atomic E-state index is -0.372. The minimum absolute atomic E-state index is 0.0691. The summed E-state index contributed by atoms with van der Waals surface area (Å²) in [7, 11) is 0. The Labute approximate surface area is 169 Å². The molecule has 4 rings (SSSR count). The molecule has 1 N–H and O–H groups in total. The van der Waals surface area contributed by atoms with Crippen molar-refractivity contribution in [2.75, 3.05) is 19.8 Å². The molecule has 1 aromatic heterocycles. The molecular formula is C23H24N2O4. The van der Waals surface area contributed by atoms with Crippen molar-refractivity contribution in [2.24, 2.45) is 5.92 Å². The van der Waals surface area contributed by atoms with E-state index in [1.165, 1.54) is 16.3 Å². The van der Waals surface area contributed by atoms with Gasteiger partial charge >= 0.3 is 0 Å². The van der Waals surface area contributed by atoms with Gasteiger partial charge in [-0.1, -0.05) is 47.6 Å². The molecule has 29 heavy (non-hydrogen) atoms. The van der Waals surface area contributed by atoms with E-state index >= 15 is 0 Å². The largest absolute Gasteiger partial charge is 0.381 e. The number of fused-ring (bicyclic) bond motifs is 1. The lowest BCUT2D eigenvalue weighted by Crippen LogP contribution is -2.30. The number of carbonyl (C=O) groups is 2. The summed E-state index contributed by atoms with van der Waals surface area (Å²) in [5.74, 6) is 0.408. The van der Waals surface area contributed by atoms with E-state index in [-0.39, 0.29) is 17.2 Å². The van der Waals surface area contributed by atoms with Crippen LogP contribution in [0.1, 0.15) is 45.0 Å². The maximum absolute atomic E-state index is 12.4. The number of amides is 1. The molecule has 2 aromatic carbocycles. The minimum Gasteiger partial charge on any atom is -0.381 e. The van der Waals surface area contributed by atoms with Crippen molar-refractivity contribution >= 4 is 23.0 Å². The predicted molar refractivity (Wildman–Crippen MR) is 109 cm³/mol. The van der Waals surface area contributed by atoms with E-state index in [0.29, 0.717) is 37.5 Å². The van der Waals surface area contributed by atoms with Gasteiger partial charge in [0.1, 0.15) is 5.76 Å². The Hall–Kier alpha value is -2.99. The van der Waals surface area contributed by atoms with Crippen LogP contribution in [0, 0.1) is 5.92 Å². The van der Waals surface area contributed by atoms with Crippen molar-refractivity contribution in [1.82, 2.24) is 10.5 Å². The van der Waals surface area contributed by atoms with Gasteiger partial charge in [0.05, 0.1) is 12.2 Å². The molecule has 1 fully saturated rings. The van der Waals surface area contributed by atoms with Gasteiger partial charge in [-0.05, 0) is 35.6 Å². The molecule has 1 amide bonds. The lowest BCUT2D eigenvalue weighted by atomic mass is 10.0. The quantitative estimate of drug-likeness (QED) is 0.593. The molecule has 6 nitrogen and oxygen atoms in total. The molecule has 0 bridgehead atoms. The summed E-state index contributed by atoms with van der Waals surface area (Å²) in [6.45, 7) is 1.90. The fraction of sp³-hybridized carbons (Fsp3) is 0.348. The van der Waals surface area contributed by atoms with E-state index in [1.54, 1.807) is 0 Å². The molecule has 3 aromatic rings. The number of aromatic nitrogens is 1. The van der Waals surface area contributed by atoms with Gasteiger partial charge in [-0.2, -0.15) is 0 Å². The predicted octanol–water partition coefficient (Wildman–Crippen LogP) is 3.58. The van der Waals surface area contributed by atoms with E-state index < -0.39 is 0 Å². The van der Waals surface area contributed by atoms with Crippen molar-refractivity contribution in [2.45, 2.75) is 25.7 Å². The monoisotopic (exact) mass is 392 g/mol. The van der Waals surface area contributed by atoms with Crippen molar-refractivity contribution in [3.05, 3.63) is 65.0 Å². The molecular weight excluding hydrogens is 368 g/mol. The highest BCUT2D eigenvalue weighted by molar-refractivity contribution is 6.00. The van der Waals surface area contributed by atoms with Gasteiger partial charge in [-0.15, -0.1) is 0 Å². The Morgan fingerprint density at radius 3 is 2.83 bits per heavy atom. The van der Waals surface area contributed by atoms with Crippen molar-refractivity contribution in [1.29, 1.82) is 0 Å². The van der Waals surface area contributed by atoms with Crippen molar-refractivity contribution in [3.8, 4) is 0 Å². The van der Waals surface area contributed by atoms with Crippen molar-refractivity contribution in [3.63, 3.8) is 0 Å². The highest BCUT2D eigenvalue weighted by Gasteiger charge is 2.23. The first-order chi connectivity index (χ1) is 14.2. The Balaban J connectivity index is 1.35. The summed E-state index contributed by atoms with van der Waals surface area (Å²) in [6.07, 6.45) is 3.80. The SMILES string of the molecule is O=Cc1c(C(=O)NCC2CCOC2)noc1CCCc1ccc2ccccc2c1. The number of nitrogens with one attached hydrogen (secondary N) is 1. The first-order valence-corrected chi connectivity index (χ1v) is 10.0. The van der Waals surface area contributed by atoms with E-state index in [2.05, 4.69) is 40.8 Å². The van der Waals surface area contributed by atoms with Crippen LogP contribution < -0.4 is 5.32 Å². The van der Waals surface area contributed by atoms with Crippen molar-refractivity contribution < 1.29 is 18.8 Å². The number of hydrogen-bond donors (Lipinski definition) is 1. The Bertz CT molecular complexity index is 1010. The number of ether oxygens (including phenoxy) is 1. The standard InChI is InChI=1S/C23H24N2O4/c26-14-20-21(29-25-22(20)23(27)24-13-17-10-11-28-15-17)7-3-4-16-8-9-18-5-1-2-6-19(18)12-16/h1-2,5-6,8-9,12,14,17H,3-4,7,10-11,13,15H2,(H,24,27). The molecule has 1 atom stereocenters. The number of aryl methyl sites for hydroxylation is 2. The summed E-state index contributed by atoms with van der Waals surface area (Å²) >= 11 is 0. The van der Waals surface area contributed by atoms with E-state index in [1.807, 2.05) is 12.1 Å². The number of hydrogen-bond acceptors (Lipinski definition) is 5. The average molecular weight is 392 g/mol. The van der Waals surface area contributed by atoms with E-state index in [0.717, 1.165) is 25.9 Å². The fourth-order valence-corrected chi connectivity index (χ4v) is 3.71. The summed E-state index contributed by atoms with van der Waals surface area (Å²) in [5.41, 5.74) is 1.55. The molecule has 1 unspecified atom stereocenters. The van der Waals surface area contributed by atoms with E-state index in [9.17, 15) is 9.59 Å². The summed E-state index contributed by atoms with van der Waals surface area (Å²) in [6, 6.07) is 14.7. The fourth-order valence-electron chi connectivity index (χ4n) is 3.71. The lowest BCUT2D eigenvalue weighted by molar-refractivity contribution is 0.0931. The number of aldehydes is 1. The van der Waals surface area contributed by atoms with Crippen LogP contribution in [-0.2, 0) is 17.6 Å². The van der Waals surface area contributed by atoms with Crippen LogP contribution in [0.2, 0.25) is 0 Å². The second-order valence-electron chi connectivity index (χ2n) is 7.46. The van der Waals surface area contributed by atoms with Crippen LogP contribution in [0.4, 0.5) is 0 Å². The highest BCUT2D eigenvalue weighted by Crippen LogP contribution is 2.19. The number of carbonyl (C=O) groups excluding carboxylic acids is 2. The highest BCUT2D eigenvalue weighted by atomic mass is 16.5. The van der Waals surface area contributed by atoms with Gasteiger partial charge in [-0.3, -0.25) is 9.59 Å². The Morgan fingerprint density at radius 2 is 2.03 bits per heavy atom.